The molecule has 3 aromatic rings. The lowest BCUT2D eigenvalue weighted by Gasteiger charge is -2.30. The molecule has 14 heteroatoms. The number of nitrogens with two attached hydrogens (primary N) is 1. The number of hydrogen-bond donors (Lipinski definition) is 4. The zero-order chi connectivity index (χ0) is 29.1. The molecule has 2 aliphatic rings. The molecule has 13 nitrogen and oxygen atoms in total. The van der Waals surface area contributed by atoms with E-state index in [-0.39, 0.29) is 34.5 Å². The number of fused-ring (bicyclic) bond motifs is 1. The Hall–Kier alpha value is -4.32. The van der Waals surface area contributed by atoms with Crippen molar-refractivity contribution in [1.29, 1.82) is 0 Å². The zero-order valence-corrected chi connectivity index (χ0v) is 22.2. The first-order valence-corrected chi connectivity index (χ1v) is 13.3. The number of amides is 2. The molecule has 4 atom stereocenters. The maximum Gasteiger partial charge on any atom is 0.415 e. The van der Waals surface area contributed by atoms with Crippen LogP contribution in [0.3, 0.4) is 0 Å². The first-order chi connectivity index (χ1) is 19.7. The number of carbonyl (C=O) groups excluding carboxylic acids is 2. The second-order valence-electron chi connectivity index (χ2n) is 9.84. The molecule has 0 saturated carbocycles. The third-order valence-corrected chi connectivity index (χ3v) is 7.05. The number of nitrogens with zero attached hydrogens (tertiary/aromatic N) is 5. The number of imidazole rings is 1. The van der Waals surface area contributed by atoms with E-state index >= 15 is 0 Å². The Balaban J connectivity index is 1.21. The Morgan fingerprint density at radius 1 is 1.20 bits per heavy atom. The van der Waals surface area contributed by atoms with E-state index in [0.29, 0.717) is 26.1 Å². The molecule has 2 aromatic heterocycles. The summed E-state index contributed by atoms with van der Waals surface area (Å²) in [5.41, 5.74) is 6.59. The number of ether oxygens (including phenoxy) is 2. The van der Waals surface area contributed by atoms with Gasteiger partial charge < -0.3 is 35.6 Å². The van der Waals surface area contributed by atoms with Crippen molar-refractivity contribution in [2.75, 3.05) is 25.4 Å². The number of rotatable bonds is 5. The fourth-order valence-electron chi connectivity index (χ4n) is 4.82. The van der Waals surface area contributed by atoms with Crippen LogP contribution >= 0.6 is 0 Å². The van der Waals surface area contributed by atoms with Gasteiger partial charge in [0.1, 0.15) is 29.3 Å². The van der Waals surface area contributed by atoms with E-state index in [1.54, 1.807) is 11.8 Å². The zero-order valence-electron chi connectivity index (χ0n) is 22.2. The molecule has 2 aliphatic heterocycles. The summed E-state index contributed by atoms with van der Waals surface area (Å²) in [6, 6.07) is 5.28. The van der Waals surface area contributed by atoms with Gasteiger partial charge in [-0.3, -0.25) is 9.36 Å². The maximum absolute atomic E-state index is 13.1. The number of benzene rings is 1. The molecule has 2 fully saturated rings. The quantitative estimate of drug-likeness (QED) is 0.325. The minimum atomic E-state index is -1.45. The van der Waals surface area contributed by atoms with E-state index in [4.69, 9.17) is 15.2 Å². The van der Waals surface area contributed by atoms with Crippen LogP contribution in [0.25, 0.3) is 11.2 Å². The van der Waals surface area contributed by atoms with Crippen molar-refractivity contribution in [2.24, 2.45) is 5.92 Å². The number of anilines is 1. The molecule has 41 heavy (non-hydrogen) atoms. The lowest BCUT2D eigenvalue weighted by molar-refractivity contribution is -0.137. The highest BCUT2D eigenvalue weighted by atomic mass is 19.1. The van der Waals surface area contributed by atoms with Crippen LogP contribution in [-0.2, 0) is 9.53 Å². The van der Waals surface area contributed by atoms with E-state index in [9.17, 15) is 24.2 Å². The van der Waals surface area contributed by atoms with Gasteiger partial charge in [-0.25, -0.2) is 24.1 Å². The van der Waals surface area contributed by atoms with Crippen LogP contribution in [0.5, 0.6) is 5.75 Å². The summed E-state index contributed by atoms with van der Waals surface area (Å²) in [5, 5.41) is 23.5. The average Bonchev–Trinajstić information content (AvgIpc) is 3.51. The number of aliphatic hydroxyl groups is 2. The topological polar surface area (TPSA) is 178 Å². The van der Waals surface area contributed by atoms with Crippen molar-refractivity contribution in [3.05, 3.63) is 42.2 Å². The van der Waals surface area contributed by atoms with Gasteiger partial charge in [-0.1, -0.05) is 5.92 Å². The molecule has 4 heterocycles. The van der Waals surface area contributed by atoms with Gasteiger partial charge in [0.25, 0.3) is 5.91 Å². The van der Waals surface area contributed by atoms with Crippen LogP contribution in [0.4, 0.5) is 15.0 Å². The van der Waals surface area contributed by atoms with Gasteiger partial charge in [-0.05, 0) is 55.9 Å². The molecule has 0 spiro atoms. The summed E-state index contributed by atoms with van der Waals surface area (Å²) in [5.74, 6) is 5.82. The number of likely N-dealkylation sites (N-methyl/N-ethyl adjacent to an activating group) is 1. The molecular formula is C27H30FN7O6. The molecule has 5 N–H and O–H groups in total. The Kier molecular flexibility index (Phi) is 8.29. The van der Waals surface area contributed by atoms with Crippen LogP contribution in [0.15, 0.2) is 30.6 Å². The fraction of sp³-hybridized carbons (Fsp3) is 0.444. The smallest absolute Gasteiger partial charge is 0.410 e. The van der Waals surface area contributed by atoms with Crippen molar-refractivity contribution >= 4 is 29.0 Å². The highest BCUT2D eigenvalue weighted by molar-refractivity contribution is 5.83. The van der Waals surface area contributed by atoms with Gasteiger partial charge in [-0.15, -0.1) is 0 Å². The number of halogens is 1. The minimum Gasteiger partial charge on any atom is -0.410 e. The number of piperidine rings is 1. The molecule has 1 aromatic carbocycles. The molecule has 0 radical (unpaired) electrons. The number of nitrogens with one attached hydrogen (secondary N) is 1. The average molecular weight is 568 g/mol. The summed E-state index contributed by atoms with van der Waals surface area (Å²) >= 11 is 0. The number of aromatic nitrogens is 4. The highest BCUT2D eigenvalue weighted by Gasteiger charge is 2.47. The molecule has 0 aliphatic carbocycles. The first kappa shape index (κ1) is 28.2. The summed E-state index contributed by atoms with van der Waals surface area (Å²) < 4.78 is 25.4. The summed E-state index contributed by atoms with van der Waals surface area (Å²) in [4.78, 5) is 39.1. The van der Waals surface area contributed by atoms with Gasteiger partial charge in [-0.2, -0.15) is 0 Å². The molecule has 0 bridgehead atoms. The Morgan fingerprint density at radius 2 is 1.93 bits per heavy atom. The predicted octanol–water partition coefficient (Wildman–Crippen LogP) is 0.955. The Bertz CT molecular complexity index is 1480. The normalized spacial score (nSPS) is 22.8. The third kappa shape index (κ3) is 6.07. The number of hydrogen-bond acceptors (Lipinski definition) is 10. The van der Waals surface area contributed by atoms with Gasteiger partial charge in [0, 0.05) is 26.1 Å². The second-order valence-corrected chi connectivity index (χ2v) is 9.84. The van der Waals surface area contributed by atoms with Crippen LogP contribution in [0, 0.1) is 23.6 Å². The highest BCUT2D eigenvalue weighted by Crippen LogP contribution is 2.32. The van der Waals surface area contributed by atoms with Crippen molar-refractivity contribution in [2.45, 2.75) is 50.7 Å². The predicted molar refractivity (Wildman–Crippen MR) is 143 cm³/mol. The first-order valence-electron chi connectivity index (χ1n) is 13.3. The molecule has 1 unspecified atom stereocenters. The lowest BCUT2D eigenvalue weighted by Crippen LogP contribution is -2.42. The lowest BCUT2D eigenvalue weighted by atomic mass is 9.94. The third-order valence-electron chi connectivity index (χ3n) is 7.05. The number of nitrogen functional groups attached to an aromatic ring is 1. The van der Waals surface area contributed by atoms with Crippen molar-refractivity contribution < 1.29 is 33.7 Å². The molecule has 2 saturated heterocycles. The van der Waals surface area contributed by atoms with Gasteiger partial charge in [0.05, 0.1) is 6.33 Å². The number of aliphatic hydroxyl groups excluding tert-OH is 2. The number of carbonyl (C=O) groups is 2. The summed E-state index contributed by atoms with van der Waals surface area (Å²) in [7, 11) is 0. The maximum atomic E-state index is 13.1. The molecule has 5 rings (SSSR count). The SMILES string of the molecule is CCNC(=O)[C@H]1O[C@@H](n2cnc3c(N)nc(C#CCC4CCN(C(=O)Oc5ccc(F)cc5)CC4)nc32)[C@@H](O)C1O. The van der Waals surface area contributed by atoms with E-state index < -0.39 is 42.4 Å². The Morgan fingerprint density at radius 3 is 2.63 bits per heavy atom. The standard InChI is InChI=1S/C27H30FN7O6/c1-2-30-25(38)22-20(36)21(37)26(41-22)35-14-31-19-23(29)32-18(33-24(19)35)5-3-4-15-10-12-34(13-11-15)27(39)40-17-8-6-16(28)7-9-17/h6-9,14-15,20-22,26,36-37H,2,4,10-13H2,1H3,(H,30,38)(H2,29,32,33)/t20?,21-,22-,26+/m0/s1. The van der Waals surface area contributed by atoms with E-state index in [2.05, 4.69) is 32.1 Å². The van der Waals surface area contributed by atoms with E-state index in [1.807, 2.05) is 0 Å². The summed E-state index contributed by atoms with van der Waals surface area (Å²) in [6.07, 6.45) is -2.37. The van der Waals surface area contributed by atoms with Crippen LogP contribution in [0.1, 0.15) is 38.2 Å². The van der Waals surface area contributed by atoms with Gasteiger partial charge >= 0.3 is 6.09 Å². The second kappa shape index (κ2) is 12.0. The number of likely N-dealkylation sites (tertiary alicyclic amines) is 1. The molecule has 2 amide bonds. The van der Waals surface area contributed by atoms with Gasteiger partial charge in [0.15, 0.2) is 23.8 Å². The van der Waals surface area contributed by atoms with Crippen LogP contribution < -0.4 is 15.8 Å². The van der Waals surface area contributed by atoms with E-state index in [1.165, 1.54) is 35.2 Å². The van der Waals surface area contributed by atoms with Crippen LogP contribution in [-0.4, -0.2) is 84.6 Å². The van der Waals surface area contributed by atoms with Crippen molar-refractivity contribution in [1.82, 2.24) is 29.7 Å². The Labute approximate surface area is 234 Å². The van der Waals surface area contributed by atoms with Gasteiger partial charge in [0.2, 0.25) is 5.82 Å². The molecular weight excluding hydrogens is 537 g/mol. The minimum absolute atomic E-state index is 0.0827. The largest absolute Gasteiger partial charge is 0.415 e. The van der Waals surface area contributed by atoms with E-state index in [0.717, 1.165) is 12.8 Å². The summed E-state index contributed by atoms with van der Waals surface area (Å²) in [6.45, 7) is 3.09. The fourth-order valence-corrected chi connectivity index (χ4v) is 4.82. The molecule has 216 valence electrons. The van der Waals surface area contributed by atoms with Crippen molar-refractivity contribution in [3.63, 3.8) is 0 Å². The monoisotopic (exact) mass is 567 g/mol. The van der Waals surface area contributed by atoms with Crippen LogP contribution in [0.2, 0.25) is 0 Å². The van der Waals surface area contributed by atoms with Crippen molar-refractivity contribution in [3.8, 4) is 17.6 Å².